The van der Waals surface area contributed by atoms with Crippen molar-refractivity contribution in [2.24, 2.45) is 0 Å². The maximum Gasteiger partial charge on any atom is 0.230 e. The van der Waals surface area contributed by atoms with Gasteiger partial charge < -0.3 is 20.2 Å². The lowest BCUT2D eigenvalue weighted by atomic mass is 9.78. The van der Waals surface area contributed by atoms with Crippen LogP contribution in [-0.2, 0) is 0 Å². The van der Waals surface area contributed by atoms with Crippen molar-refractivity contribution in [2.75, 3.05) is 23.9 Å². The molecule has 2 aliphatic heterocycles. The van der Waals surface area contributed by atoms with Gasteiger partial charge in [-0.1, -0.05) is 0 Å². The first-order chi connectivity index (χ1) is 14.9. The Kier molecular flexibility index (Phi) is 6.55. The SMILES string of the molecule is Cc1nc(N(C)C2CC(C)(C)N(O)C(C)(C)C2)nc(N(C)C2CC(C)(C)N(O)C(C)(C)C2)n1. The van der Waals surface area contributed by atoms with Crippen molar-refractivity contribution < 1.29 is 10.4 Å². The number of nitrogens with zero attached hydrogens (tertiary/aromatic N) is 7. The van der Waals surface area contributed by atoms with Crippen LogP contribution >= 0.6 is 0 Å². The Labute approximate surface area is 199 Å². The number of hydroxylamine groups is 4. The number of piperidine rings is 2. The highest BCUT2D eigenvalue weighted by atomic mass is 16.5. The van der Waals surface area contributed by atoms with E-state index >= 15 is 0 Å². The largest absolute Gasteiger partial charge is 0.341 e. The van der Waals surface area contributed by atoms with E-state index in [9.17, 15) is 10.4 Å². The Bertz CT molecular complexity index is 768. The monoisotopic (exact) mass is 463 g/mol. The van der Waals surface area contributed by atoms with E-state index in [1.807, 2.05) is 21.0 Å². The minimum Gasteiger partial charge on any atom is -0.341 e. The Morgan fingerprint density at radius 1 is 0.636 bits per heavy atom. The predicted molar refractivity (Wildman–Crippen MR) is 131 cm³/mol. The van der Waals surface area contributed by atoms with Gasteiger partial charge in [-0.2, -0.15) is 25.1 Å². The highest BCUT2D eigenvalue weighted by Crippen LogP contribution is 2.40. The predicted octanol–water partition coefficient (Wildman–Crippen LogP) is 3.87. The molecule has 2 N–H and O–H groups in total. The van der Waals surface area contributed by atoms with Gasteiger partial charge in [0.1, 0.15) is 5.82 Å². The molecule has 3 rings (SSSR count). The summed E-state index contributed by atoms with van der Waals surface area (Å²) in [5, 5.41) is 24.4. The molecule has 3 heterocycles. The topological polar surface area (TPSA) is 92.1 Å². The normalized spacial score (nSPS) is 25.7. The van der Waals surface area contributed by atoms with E-state index < -0.39 is 0 Å². The second-order valence-corrected chi connectivity index (χ2v) is 12.7. The Hall–Kier alpha value is -1.55. The fourth-order valence-corrected chi connectivity index (χ4v) is 6.08. The molecule has 0 radical (unpaired) electrons. The third kappa shape index (κ3) is 4.97. The minimum atomic E-state index is -0.349. The van der Waals surface area contributed by atoms with Crippen LogP contribution in [0.4, 0.5) is 11.9 Å². The maximum absolute atomic E-state index is 10.7. The smallest absolute Gasteiger partial charge is 0.230 e. The summed E-state index contributed by atoms with van der Waals surface area (Å²) in [5.41, 5.74) is -1.40. The summed E-state index contributed by atoms with van der Waals surface area (Å²) in [6.07, 6.45) is 3.21. The third-order valence-electron chi connectivity index (χ3n) is 7.68. The first-order valence-electron chi connectivity index (χ1n) is 12.0. The molecule has 0 aliphatic carbocycles. The molecule has 0 unspecified atom stereocenters. The minimum absolute atomic E-state index is 0.189. The zero-order chi connectivity index (χ0) is 25.1. The summed E-state index contributed by atoms with van der Waals surface area (Å²) in [7, 11) is 4.08. The standard InChI is InChI=1S/C24H45N7O2/c1-16-25-19(28(10)17-12-21(2,3)30(32)22(4,5)13-17)27-20(26-16)29(11)18-14-23(6,7)31(33)24(8,9)15-18/h17-18,32-33H,12-15H2,1-11H3. The third-order valence-corrected chi connectivity index (χ3v) is 7.68. The van der Waals surface area contributed by atoms with Gasteiger partial charge in [-0.3, -0.25) is 0 Å². The van der Waals surface area contributed by atoms with E-state index in [2.05, 4.69) is 75.2 Å². The van der Waals surface area contributed by atoms with Gasteiger partial charge in [-0.05, 0) is 88.0 Å². The zero-order valence-corrected chi connectivity index (χ0v) is 22.5. The van der Waals surface area contributed by atoms with Crippen molar-refractivity contribution in [3.05, 3.63) is 5.82 Å². The van der Waals surface area contributed by atoms with Crippen LogP contribution in [0.25, 0.3) is 0 Å². The lowest BCUT2D eigenvalue weighted by Gasteiger charge is -2.53. The first-order valence-corrected chi connectivity index (χ1v) is 12.0. The van der Waals surface area contributed by atoms with Crippen molar-refractivity contribution in [1.29, 1.82) is 0 Å². The van der Waals surface area contributed by atoms with Crippen molar-refractivity contribution >= 4 is 11.9 Å². The van der Waals surface area contributed by atoms with Crippen molar-refractivity contribution in [2.45, 2.75) is 122 Å². The number of aryl methyl sites for hydroxylation is 1. The quantitative estimate of drug-likeness (QED) is 0.690. The van der Waals surface area contributed by atoms with E-state index in [4.69, 9.17) is 4.98 Å². The summed E-state index contributed by atoms with van der Waals surface area (Å²) in [5.74, 6) is 2.00. The Morgan fingerprint density at radius 2 is 0.909 bits per heavy atom. The molecule has 0 saturated carbocycles. The van der Waals surface area contributed by atoms with Crippen molar-refractivity contribution in [1.82, 2.24) is 25.1 Å². The number of aromatic nitrogens is 3. The summed E-state index contributed by atoms with van der Waals surface area (Å²) >= 11 is 0. The van der Waals surface area contributed by atoms with Gasteiger partial charge in [-0.25, -0.2) is 0 Å². The average molecular weight is 464 g/mol. The van der Waals surface area contributed by atoms with Crippen LogP contribution in [0.1, 0.15) is 86.9 Å². The van der Waals surface area contributed by atoms with Crippen LogP contribution in [0.5, 0.6) is 0 Å². The fraction of sp³-hybridized carbons (Fsp3) is 0.875. The molecule has 2 aliphatic rings. The molecule has 0 spiro atoms. The highest BCUT2D eigenvalue weighted by molar-refractivity contribution is 5.40. The molecule has 1 aromatic heterocycles. The molecule has 1 aromatic rings. The van der Waals surface area contributed by atoms with E-state index in [1.165, 1.54) is 10.1 Å². The van der Waals surface area contributed by atoms with E-state index in [1.54, 1.807) is 0 Å². The van der Waals surface area contributed by atoms with Gasteiger partial charge in [-0.15, -0.1) is 0 Å². The molecule has 33 heavy (non-hydrogen) atoms. The van der Waals surface area contributed by atoms with Crippen LogP contribution in [0.15, 0.2) is 0 Å². The summed E-state index contributed by atoms with van der Waals surface area (Å²) in [6.45, 7) is 18.5. The summed E-state index contributed by atoms with van der Waals surface area (Å²) < 4.78 is 0. The maximum atomic E-state index is 10.7. The van der Waals surface area contributed by atoms with Crippen molar-refractivity contribution in [3.63, 3.8) is 0 Å². The molecule has 9 nitrogen and oxygen atoms in total. The molecule has 0 bridgehead atoms. The van der Waals surface area contributed by atoms with Gasteiger partial charge in [0.15, 0.2) is 0 Å². The van der Waals surface area contributed by atoms with Crippen LogP contribution < -0.4 is 9.80 Å². The molecule has 9 heteroatoms. The summed E-state index contributed by atoms with van der Waals surface area (Å²) in [4.78, 5) is 18.5. The molecule has 0 aromatic carbocycles. The molecular weight excluding hydrogens is 418 g/mol. The van der Waals surface area contributed by atoms with Crippen molar-refractivity contribution in [3.8, 4) is 0 Å². The second kappa shape index (κ2) is 8.29. The molecule has 2 fully saturated rings. The number of anilines is 2. The van der Waals surface area contributed by atoms with E-state index in [-0.39, 0.29) is 34.2 Å². The van der Waals surface area contributed by atoms with E-state index in [0.717, 1.165) is 25.7 Å². The molecule has 0 atom stereocenters. The lowest BCUT2D eigenvalue weighted by Crippen LogP contribution is -2.63. The number of hydrogen-bond acceptors (Lipinski definition) is 9. The van der Waals surface area contributed by atoms with Gasteiger partial charge in [0, 0.05) is 48.3 Å². The highest BCUT2D eigenvalue weighted by Gasteiger charge is 2.48. The van der Waals surface area contributed by atoms with Crippen LogP contribution in [-0.4, -0.2) is 83.8 Å². The first kappa shape index (κ1) is 26.1. The Balaban J connectivity index is 1.88. The summed E-state index contributed by atoms with van der Waals surface area (Å²) in [6, 6.07) is 0.378. The van der Waals surface area contributed by atoms with Gasteiger partial charge in [0.05, 0.1) is 0 Å². The second-order valence-electron chi connectivity index (χ2n) is 12.7. The molecular formula is C24H45N7O2. The molecule has 2 saturated heterocycles. The number of hydrogen-bond donors (Lipinski definition) is 2. The van der Waals surface area contributed by atoms with Crippen LogP contribution in [0.3, 0.4) is 0 Å². The van der Waals surface area contributed by atoms with Gasteiger partial charge in [0.2, 0.25) is 11.9 Å². The lowest BCUT2D eigenvalue weighted by molar-refractivity contribution is -0.244. The van der Waals surface area contributed by atoms with Gasteiger partial charge in [0.25, 0.3) is 0 Å². The van der Waals surface area contributed by atoms with E-state index in [0.29, 0.717) is 17.7 Å². The van der Waals surface area contributed by atoms with Gasteiger partial charge >= 0.3 is 0 Å². The van der Waals surface area contributed by atoms with Crippen LogP contribution in [0, 0.1) is 6.92 Å². The Morgan fingerprint density at radius 3 is 1.18 bits per heavy atom. The average Bonchev–Trinajstić information content (AvgIpc) is 2.67. The molecule has 188 valence electrons. The number of rotatable bonds is 4. The van der Waals surface area contributed by atoms with Crippen LogP contribution in [0.2, 0.25) is 0 Å². The fourth-order valence-electron chi connectivity index (χ4n) is 6.08. The molecule has 0 amide bonds. The zero-order valence-electron chi connectivity index (χ0n) is 22.5.